The quantitative estimate of drug-likeness (QED) is 0.851. The fourth-order valence-electron chi connectivity index (χ4n) is 2.58. The van der Waals surface area contributed by atoms with E-state index in [9.17, 15) is 4.79 Å². The Morgan fingerprint density at radius 1 is 0.909 bits per heavy atom. The molecule has 1 amide bonds. The van der Waals surface area contributed by atoms with Crippen molar-refractivity contribution in [3.63, 3.8) is 0 Å². The van der Waals surface area contributed by atoms with Crippen LogP contribution in [-0.4, -0.2) is 47.2 Å². The third kappa shape index (κ3) is 3.08. The first-order valence-electron chi connectivity index (χ1n) is 7.55. The van der Waals surface area contributed by atoms with Gasteiger partial charge in [0.15, 0.2) is 5.82 Å². The summed E-state index contributed by atoms with van der Waals surface area (Å²) in [7, 11) is 0. The number of carbonyl (C=O) groups excluding carboxylic acids is 1. The number of piperazine rings is 1. The van der Waals surface area contributed by atoms with Crippen LogP contribution in [0.5, 0.6) is 0 Å². The Hall–Kier alpha value is -2.43. The number of amides is 1. The molecule has 1 aromatic carbocycles. The van der Waals surface area contributed by atoms with Crippen LogP contribution in [0.3, 0.4) is 0 Å². The summed E-state index contributed by atoms with van der Waals surface area (Å²) in [5.41, 5.74) is 2.84. The van der Waals surface area contributed by atoms with Crippen molar-refractivity contribution < 1.29 is 4.79 Å². The Morgan fingerprint density at radius 3 is 2.18 bits per heavy atom. The van der Waals surface area contributed by atoms with Crippen LogP contribution in [0.15, 0.2) is 36.4 Å². The van der Waals surface area contributed by atoms with E-state index < -0.39 is 0 Å². The molecule has 5 heteroatoms. The fourth-order valence-corrected chi connectivity index (χ4v) is 2.58. The van der Waals surface area contributed by atoms with Gasteiger partial charge in [0.25, 0.3) is 5.91 Å². The van der Waals surface area contributed by atoms with E-state index in [1.165, 1.54) is 5.56 Å². The maximum Gasteiger partial charge on any atom is 0.253 e. The molecular formula is C17H20N4O. The van der Waals surface area contributed by atoms with Gasteiger partial charge in [-0.1, -0.05) is 17.7 Å². The summed E-state index contributed by atoms with van der Waals surface area (Å²) in [4.78, 5) is 16.6. The van der Waals surface area contributed by atoms with Crippen molar-refractivity contribution in [2.24, 2.45) is 0 Å². The lowest BCUT2D eigenvalue weighted by Crippen LogP contribution is -2.49. The van der Waals surface area contributed by atoms with Crippen molar-refractivity contribution in [1.82, 2.24) is 15.1 Å². The number of hydrogen-bond acceptors (Lipinski definition) is 4. The van der Waals surface area contributed by atoms with Gasteiger partial charge in [-0.15, -0.1) is 5.10 Å². The number of hydrogen-bond donors (Lipinski definition) is 0. The second kappa shape index (κ2) is 6.13. The molecule has 0 radical (unpaired) electrons. The van der Waals surface area contributed by atoms with Crippen molar-refractivity contribution in [3.05, 3.63) is 53.2 Å². The lowest BCUT2D eigenvalue weighted by atomic mass is 10.1. The predicted octanol–water partition coefficient (Wildman–Crippen LogP) is 2.06. The predicted molar refractivity (Wildman–Crippen MR) is 86.1 cm³/mol. The Bertz CT molecular complexity index is 643. The Kier molecular flexibility index (Phi) is 4.04. The van der Waals surface area contributed by atoms with Crippen LogP contribution in [0.1, 0.15) is 21.6 Å². The third-order valence-electron chi connectivity index (χ3n) is 3.97. The molecule has 0 N–H and O–H groups in total. The summed E-state index contributed by atoms with van der Waals surface area (Å²) in [5.74, 6) is 0.989. The monoisotopic (exact) mass is 296 g/mol. The standard InChI is InChI=1S/C17H20N4O/c1-13-3-6-15(7-4-13)17(22)21-11-9-20(10-12-21)16-8-5-14(2)18-19-16/h3-8H,9-12H2,1-2H3. The highest BCUT2D eigenvalue weighted by Crippen LogP contribution is 2.15. The van der Waals surface area contributed by atoms with Crippen LogP contribution >= 0.6 is 0 Å². The second-order valence-corrected chi connectivity index (χ2v) is 5.68. The SMILES string of the molecule is Cc1ccc(C(=O)N2CCN(c3ccc(C)nn3)CC2)cc1. The van der Waals surface area contributed by atoms with Gasteiger partial charge in [-0.05, 0) is 38.1 Å². The van der Waals surface area contributed by atoms with Gasteiger partial charge in [0.05, 0.1) is 5.69 Å². The van der Waals surface area contributed by atoms with E-state index in [0.717, 1.165) is 30.2 Å². The van der Waals surface area contributed by atoms with Gasteiger partial charge in [0.1, 0.15) is 0 Å². The molecule has 2 aromatic rings. The van der Waals surface area contributed by atoms with Gasteiger partial charge in [0.2, 0.25) is 0 Å². The summed E-state index contributed by atoms with van der Waals surface area (Å²) in [6, 6.07) is 11.7. The maximum absolute atomic E-state index is 12.5. The molecule has 0 unspecified atom stereocenters. The number of anilines is 1. The average Bonchev–Trinajstić information content (AvgIpc) is 2.56. The summed E-state index contributed by atoms with van der Waals surface area (Å²) >= 11 is 0. The first kappa shape index (κ1) is 14.5. The van der Waals surface area contributed by atoms with E-state index in [4.69, 9.17) is 0 Å². The van der Waals surface area contributed by atoms with Gasteiger partial charge >= 0.3 is 0 Å². The van der Waals surface area contributed by atoms with Crippen LogP contribution in [0.25, 0.3) is 0 Å². The Labute approximate surface area is 130 Å². The van der Waals surface area contributed by atoms with Crippen LogP contribution in [0.4, 0.5) is 5.82 Å². The molecule has 0 atom stereocenters. The highest BCUT2D eigenvalue weighted by Gasteiger charge is 2.22. The molecule has 1 aliphatic heterocycles. The molecule has 1 aromatic heterocycles. The highest BCUT2D eigenvalue weighted by molar-refractivity contribution is 5.94. The van der Waals surface area contributed by atoms with Crippen LogP contribution in [0.2, 0.25) is 0 Å². The maximum atomic E-state index is 12.5. The first-order valence-corrected chi connectivity index (χ1v) is 7.55. The summed E-state index contributed by atoms with van der Waals surface area (Å²) in [6.45, 7) is 6.94. The largest absolute Gasteiger partial charge is 0.352 e. The van der Waals surface area contributed by atoms with Gasteiger partial charge in [-0.2, -0.15) is 5.10 Å². The molecule has 114 valence electrons. The molecule has 1 aliphatic rings. The van der Waals surface area contributed by atoms with E-state index >= 15 is 0 Å². The molecule has 0 saturated carbocycles. The van der Waals surface area contributed by atoms with Gasteiger partial charge in [-0.3, -0.25) is 4.79 Å². The fraction of sp³-hybridized carbons (Fsp3) is 0.353. The zero-order valence-corrected chi connectivity index (χ0v) is 13.0. The van der Waals surface area contributed by atoms with E-state index in [0.29, 0.717) is 13.1 Å². The van der Waals surface area contributed by atoms with Crippen LogP contribution in [0, 0.1) is 13.8 Å². The van der Waals surface area contributed by atoms with E-state index in [-0.39, 0.29) is 5.91 Å². The van der Waals surface area contributed by atoms with Crippen LogP contribution in [-0.2, 0) is 0 Å². The molecule has 0 spiro atoms. The molecule has 0 bridgehead atoms. The number of rotatable bonds is 2. The topological polar surface area (TPSA) is 49.3 Å². The normalized spacial score (nSPS) is 15.0. The smallest absolute Gasteiger partial charge is 0.253 e. The van der Waals surface area contributed by atoms with Crippen molar-refractivity contribution in [2.45, 2.75) is 13.8 Å². The summed E-state index contributed by atoms with van der Waals surface area (Å²) in [6.07, 6.45) is 0. The molecule has 0 aliphatic carbocycles. The molecule has 5 nitrogen and oxygen atoms in total. The molecule has 22 heavy (non-hydrogen) atoms. The molecular weight excluding hydrogens is 276 g/mol. The lowest BCUT2D eigenvalue weighted by molar-refractivity contribution is 0.0746. The first-order chi connectivity index (χ1) is 10.6. The van der Waals surface area contributed by atoms with Gasteiger partial charge in [0, 0.05) is 31.7 Å². The Balaban J connectivity index is 1.62. The highest BCUT2D eigenvalue weighted by atomic mass is 16.2. The number of nitrogens with zero attached hydrogens (tertiary/aromatic N) is 4. The molecule has 2 heterocycles. The van der Waals surface area contributed by atoms with Gasteiger partial charge in [-0.25, -0.2) is 0 Å². The number of benzene rings is 1. The number of aryl methyl sites for hydroxylation is 2. The summed E-state index contributed by atoms with van der Waals surface area (Å²) in [5, 5.41) is 8.30. The summed E-state index contributed by atoms with van der Waals surface area (Å²) < 4.78 is 0. The third-order valence-corrected chi connectivity index (χ3v) is 3.97. The van der Waals surface area contributed by atoms with Gasteiger partial charge < -0.3 is 9.80 Å². The lowest BCUT2D eigenvalue weighted by Gasteiger charge is -2.35. The Morgan fingerprint density at radius 2 is 1.59 bits per heavy atom. The number of carbonyl (C=O) groups is 1. The van der Waals surface area contributed by atoms with E-state index in [1.807, 2.05) is 55.1 Å². The molecule has 1 fully saturated rings. The van der Waals surface area contributed by atoms with Crippen molar-refractivity contribution in [1.29, 1.82) is 0 Å². The molecule has 3 rings (SSSR count). The van der Waals surface area contributed by atoms with E-state index in [1.54, 1.807) is 0 Å². The van der Waals surface area contributed by atoms with Crippen molar-refractivity contribution in [3.8, 4) is 0 Å². The zero-order valence-electron chi connectivity index (χ0n) is 13.0. The van der Waals surface area contributed by atoms with Crippen molar-refractivity contribution in [2.75, 3.05) is 31.1 Å². The number of aromatic nitrogens is 2. The minimum atomic E-state index is 0.106. The van der Waals surface area contributed by atoms with E-state index in [2.05, 4.69) is 15.1 Å². The van der Waals surface area contributed by atoms with Crippen LogP contribution < -0.4 is 4.90 Å². The zero-order chi connectivity index (χ0) is 15.5. The second-order valence-electron chi connectivity index (χ2n) is 5.68. The average molecular weight is 296 g/mol. The minimum absolute atomic E-state index is 0.106. The molecule has 1 saturated heterocycles. The van der Waals surface area contributed by atoms with Crippen molar-refractivity contribution >= 4 is 11.7 Å². The minimum Gasteiger partial charge on any atom is -0.352 e.